The van der Waals surface area contributed by atoms with Crippen molar-refractivity contribution in [3.63, 3.8) is 0 Å². The van der Waals surface area contributed by atoms with Crippen molar-refractivity contribution in [3.8, 4) is 5.88 Å². The van der Waals surface area contributed by atoms with Gasteiger partial charge in [-0.05, 0) is 12.1 Å². The fourth-order valence-corrected chi connectivity index (χ4v) is 2.03. The number of pyridine rings is 1. The molecule has 2 heterocycles. The van der Waals surface area contributed by atoms with E-state index < -0.39 is 29.2 Å². The minimum atomic E-state index is -1.11. The molecule has 0 radical (unpaired) electrons. The third-order valence-electron chi connectivity index (χ3n) is 3.00. The Bertz CT molecular complexity index is 835. The first kappa shape index (κ1) is 13.6. The number of hydrogen-bond donors (Lipinski definition) is 2. The second kappa shape index (κ2) is 4.85. The molecule has 8 heteroatoms. The Hall–Kier alpha value is -3.42. The molecular weight excluding hydrogens is 292 g/mol. The van der Waals surface area contributed by atoms with Gasteiger partial charge in [-0.25, -0.2) is 4.79 Å². The number of nitrogens with zero attached hydrogens (tertiary/aromatic N) is 1. The van der Waals surface area contributed by atoms with Crippen LogP contribution < -0.4 is 5.56 Å². The van der Waals surface area contributed by atoms with Crippen LogP contribution in [0.2, 0.25) is 0 Å². The van der Waals surface area contributed by atoms with Crippen LogP contribution in [-0.4, -0.2) is 32.9 Å². The monoisotopic (exact) mass is 300 g/mol. The Labute approximate surface area is 122 Å². The van der Waals surface area contributed by atoms with E-state index >= 15 is 0 Å². The lowest BCUT2D eigenvalue weighted by Gasteiger charge is -2.12. The number of nitrogens with one attached hydrogen (secondary N) is 1. The van der Waals surface area contributed by atoms with Gasteiger partial charge in [0, 0.05) is 12.1 Å². The van der Waals surface area contributed by atoms with Gasteiger partial charge in [-0.3, -0.25) is 19.4 Å². The average molecular weight is 300 g/mol. The van der Waals surface area contributed by atoms with Gasteiger partial charge < -0.3 is 9.94 Å². The fourth-order valence-electron chi connectivity index (χ4n) is 2.03. The van der Waals surface area contributed by atoms with Gasteiger partial charge in [-0.15, -0.1) is 0 Å². The van der Waals surface area contributed by atoms with E-state index in [1.165, 1.54) is 12.1 Å². The van der Waals surface area contributed by atoms with Crippen LogP contribution in [0.4, 0.5) is 0 Å². The number of carbonyl (C=O) groups is 3. The summed E-state index contributed by atoms with van der Waals surface area (Å²) >= 11 is 0. The molecule has 2 N–H and O–H groups in total. The van der Waals surface area contributed by atoms with E-state index in [-0.39, 0.29) is 16.7 Å². The predicted molar refractivity (Wildman–Crippen MR) is 71.1 cm³/mol. The lowest BCUT2D eigenvalue weighted by atomic mass is 10.1. The average Bonchev–Trinajstić information content (AvgIpc) is 2.72. The van der Waals surface area contributed by atoms with E-state index in [0.717, 1.165) is 12.1 Å². The van der Waals surface area contributed by atoms with E-state index in [1.807, 2.05) is 4.98 Å². The molecule has 0 atom stereocenters. The number of aromatic hydroxyl groups is 1. The number of imide groups is 1. The van der Waals surface area contributed by atoms with Crippen LogP contribution in [0.5, 0.6) is 5.88 Å². The molecule has 1 aliphatic rings. The molecule has 0 aliphatic carbocycles. The number of fused-ring (bicyclic) bond motifs is 1. The smallest absolute Gasteiger partial charge is 0.364 e. The lowest BCUT2D eigenvalue weighted by Crippen LogP contribution is -2.33. The third-order valence-corrected chi connectivity index (χ3v) is 3.00. The summed E-state index contributed by atoms with van der Waals surface area (Å²) in [5.74, 6) is -3.20. The van der Waals surface area contributed by atoms with Crippen molar-refractivity contribution in [2.45, 2.75) is 0 Å². The number of carbonyl (C=O) groups excluding carboxylic acids is 3. The Morgan fingerprint density at radius 2 is 1.64 bits per heavy atom. The summed E-state index contributed by atoms with van der Waals surface area (Å²) in [4.78, 5) is 53.9. The van der Waals surface area contributed by atoms with E-state index in [1.54, 1.807) is 12.1 Å². The summed E-state index contributed by atoms with van der Waals surface area (Å²) < 4.78 is 0. The van der Waals surface area contributed by atoms with Gasteiger partial charge in [0.05, 0.1) is 16.7 Å². The molecule has 0 spiro atoms. The summed E-state index contributed by atoms with van der Waals surface area (Å²) in [5.41, 5.74) is -0.782. The Morgan fingerprint density at radius 3 is 2.18 bits per heavy atom. The van der Waals surface area contributed by atoms with Crippen LogP contribution in [0.1, 0.15) is 31.1 Å². The molecule has 1 aromatic heterocycles. The molecule has 0 fully saturated rings. The van der Waals surface area contributed by atoms with Gasteiger partial charge in [0.1, 0.15) is 0 Å². The van der Waals surface area contributed by atoms with E-state index in [2.05, 4.69) is 0 Å². The number of hydrogen-bond acceptors (Lipinski definition) is 6. The maximum Gasteiger partial charge on any atom is 0.364 e. The highest BCUT2D eigenvalue weighted by Gasteiger charge is 2.38. The van der Waals surface area contributed by atoms with Crippen molar-refractivity contribution in [1.29, 1.82) is 0 Å². The first-order valence-electron chi connectivity index (χ1n) is 6.11. The normalized spacial score (nSPS) is 13.2. The number of amides is 2. The van der Waals surface area contributed by atoms with Crippen LogP contribution in [0.25, 0.3) is 0 Å². The van der Waals surface area contributed by atoms with E-state index in [0.29, 0.717) is 5.06 Å². The second-order valence-corrected chi connectivity index (χ2v) is 4.45. The van der Waals surface area contributed by atoms with Crippen LogP contribution in [0.15, 0.2) is 41.2 Å². The SMILES string of the molecule is O=C(ON1C(=O)c2ccccc2C1=O)c1cc(O)[nH]c(=O)c1. The second-order valence-electron chi connectivity index (χ2n) is 4.45. The summed E-state index contributed by atoms with van der Waals surface area (Å²) in [6, 6.07) is 7.83. The topological polar surface area (TPSA) is 117 Å². The fraction of sp³-hybridized carbons (Fsp3) is 0. The highest BCUT2D eigenvalue weighted by Crippen LogP contribution is 2.23. The van der Waals surface area contributed by atoms with Gasteiger partial charge in [0.2, 0.25) is 0 Å². The van der Waals surface area contributed by atoms with E-state index in [4.69, 9.17) is 4.84 Å². The Balaban J connectivity index is 1.88. The first-order valence-corrected chi connectivity index (χ1v) is 6.11. The molecule has 1 aliphatic heterocycles. The zero-order chi connectivity index (χ0) is 15.9. The molecule has 1 aromatic carbocycles. The number of benzene rings is 1. The van der Waals surface area contributed by atoms with Gasteiger partial charge in [0.25, 0.3) is 17.4 Å². The molecule has 8 nitrogen and oxygen atoms in total. The summed E-state index contributed by atoms with van der Waals surface area (Å²) in [6.45, 7) is 0. The number of aromatic nitrogens is 1. The molecule has 2 amide bonds. The van der Waals surface area contributed by atoms with Gasteiger partial charge in [0.15, 0.2) is 5.88 Å². The standard InChI is InChI=1S/C14H8N2O6/c17-10-5-7(6-11(18)15-10)14(21)22-16-12(19)8-3-1-2-4-9(8)13(16)20/h1-6H,(H2,15,17,18). The van der Waals surface area contributed by atoms with Gasteiger partial charge in [-0.2, -0.15) is 0 Å². The number of H-pyrrole nitrogens is 1. The van der Waals surface area contributed by atoms with Crippen molar-refractivity contribution in [2.24, 2.45) is 0 Å². The molecule has 2 aromatic rings. The summed E-state index contributed by atoms with van der Waals surface area (Å²) in [6.07, 6.45) is 0. The summed E-state index contributed by atoms with van der Waals surface area (Å²) in [7, 11) is 0. The maximum absolute atomic E-state index is 12.0. The van der Waals surface area contributed by atoms with Crippen molar-refractivity contribution in [1.82, 2.24) is 10.0 Å². The van der Waals surface area contributed by atoms with Crippen LogP contribution in [0, 0.1) is 0 Å². The van der Waals surface area contributed by atoms with Crippen molar-refractivity contribution in [3.05, 3.63) is 63.4 Å². The Morgan fingerprint density at radius 1 is 1.05 bits per heavy atom. The van der Waals surface area contributed by atoms with Crippen molar-refractivity contribution in [2.75, 3.05) is 0 Å². The van der Waals surface area contributed by atoms with Crippen LogP contribution >= 0.6 is 0 Å². The molecular formula is C14H8N2O6. The maximum atomic E-state index is 12.0. The van der Waals surface area contributed by atoms with Gasteiger partial charge in [-0.1, -0.05) is 17.2 Å². The quantitative estimate of drug-likeness (QED) is 0.778. The molecule has 0 saturated carbocycles. The number of rotatable bonds is 2. The molecule has 110 valence electrons. The molecule has 0 saturated heterocycles. The zero-order valence-electron chi connectivity index (χ0n) is 10.9. The minimum absolute atomic E-state index is 0.119. The highest BCUT2D eigenvalue weighted by molar-refractivity contribution is 6.21. The first-order chi connectivity index (χ1) is 10.5. The molecule has 3 rings (SSSR count). The van der Waals surface area contributed by atoms with Crippen molar-refractivity contribution >= 4 is 17.8 Å². The minimum Gasteiger partial charge on any atom is -0.494 e. The molecule has 0 unspecified atom stereocenters. The van der Waals surface area contributed by atoms with E-state index in [9.17, 15) is 24.3 Å². The highest BCUT2D eigenvalue weighted by atomic mass is 16.7. The predicted octanol–water partition coefficient (Wildman–Crippen LogP) is 0.449. The van der Waals surface area contributed by atoms with Gasteiger partial charge >= 0.3 is 5.97 Å². The van der Waals surface area contributed by atoms with Crippen molar-refractivity contribution < 1.29 is 24.3 Å². The third kappa shape index (κ3) is 2.12. The van der Waals surface area contributed by atoms with Crippen LogP contribution in [-0.2, 0) is 4.84 Å². The summed E-state index contributed by atoms with van der Waals surface area (Å²) in [5, 5.41) is 9.56. The lowest BCUT2D eigenvalue weighted by molar-refractivity contribution is -0.0584. The van der Waals surface area contributed by atoms with Crippen LogP contribution in [0.3, 0.4) is 0 Å². The Kier molecular flexibility index (Phi) is 2.99. The largest absolute Gasteiger partial charge is 0.494 e. The zero-order valence-corrected chi connectivity index (χ0v) is 10.9. The molecule has 0 bridgehead atoms. The number of aromatic amines is 1. The molecule has 22 heavy (non-hydrogen) atoms. The number of hydroxylamine groups is 2.